The highest BCUT2D eigenvalue weighted by atomic mass is 16.5. The van der Waals surface area contributed by atoms with Crippen LogP contribution in [-0.4, -0.2) is 24.4 Å². The van der Waals surface area contributed by atoms with Crippen molar-refractivity contribution >= 4 is 0 Å². The molecule has 3 N–H and O–H groups in total. The Balaban J connectivity index is 2.37. The Labute approximate surface area is 97.2 Å². The van der Waals surface area contributed by atoms with Crippen molar-refractivity contribution in [2.75, 3.05) is 13.2 Å². The number of aliphatic hydroxyl groups is 1. The van der Waals surface area contributed by atoms with Crippen LogP contribution in [0.5, 0.6) is 5.75 Å². The summed E-state index contributed by atoms with van der Waals surface area (Å²) in [4.78, 5) is 0. The Hall–Kier alpha value is -1.06. The van der Waals surface area contributed by atoms with Crippen LogP contribution in [0.4, 0.5) is 0 Å². The molecule has 16 heavy (non-hydrogen) atoms. The lowest BCUT2D eigenvalue weighted by atomic mass is 10.1. The average Bonchev–Trinajstić information content (AvgIpc) is 2.29. The highest BCUT2D eigenvalue weighted by Crippen LogP contribution is 2.13. The summed E-state index contributed by atoms with van der Waals surface area (Å²) in [5, 5.41) is 8.69. The second kappa shape index (κ2) is 7.25. The number of aliphatic hydroxyl groups excluding tert-OH is 1. The molecule has 0 saturated heterocycles. The second-order valence-electron chi connectivity index (χ2n) is 3.98. The first-order valence-corrected chi connectivity index (χ1v) is 5.84. The molecule has 0 aliphatic heterocycles. The van der Waals surface area contributed by atoms with Crippen LogP contribution in [0.25, 0.3) is 0 Å². The molecule has 90 valence electrons. The van der Waals surface area contributed by atoms with Crippen molar-refractivity contribution in [3.8, 4) is 5.75 Å². The summed E-state index contributed by atoms with van der Waals surface area (Å²) in [5.74, 6) is 0.841. The van der Waals surface area contributed by atoms with E-state index in [1.807, 2.05) is 12.1 Å². The topological polar surface area (TPSA) is 55.5 Å². The summed E-state index contributed by atoms with van der Waals surface area (Å²) in [6, 6.07) is 8.00. The van der Waals surface area contributed by atoms with Gasteiger partial charge in [0.2, 0.25) is 0 Å². The van der Waals surface area contributed by atoms with Crippen molar-refractivity contribution in [2.45, 2.75) is 32.2 Å². The molecule has 0 aliphatic rings. The van der Waals surface area contributed by atoms with Gasteiger partial charge in [0.1, 0.15) is 12.4 Å². The van der Waals surface area contributed by atoms with Crippen LogP contribution in [0.15, 0.2) is 24.3 Å². The SMILES string of the molecule is CCCc1ccc(OCC(N)CCO)cc1. The van der Waals surface area contributed by atoms with Crippen LogP contribution in [0.3, 0.4) is 0 Å². The summed E-state index contributed by atoms with van der Waals surface area (Å²) in [5.41, 5.74) is 7.05. The largest absolute Gasteiger partial charge is 0.492 e. The monoisotopic (exact) mass is 223 g/mol. The van der Waals surface area contributed by atoms with Crippen LogP contribution < -0.4 is 10.5 Å². The summed E-state index contributed by atoms with van der Waals surface area (Å²) < 4.78 is 5.52. The van der Waals surface area contributed by atoms with Gasteiger partial charge in [-0.05, 0) is 30.5 Å². The van der Waals surface area contributed by atoms with Crippen molar-refractivity contribution in [1.82, 2.24) is 0 Å². The molecule has 1 aromatic carbocycles. The van der Waals surface area contributed by atoms with Gasteiger partial charge >= 0.3 is 0 Å². The second-order valence-corrected chi connectivity index (χ2v) is 3.98. The van der Waals surface area contributed by atoms with Crippen molar-refractivity contribution in [3.63, 3.8) is 0 Å². The maximum Gasteiger partial charge on any atom is 0.119 e. The van der Waals surface area contributed by atoms with Crippen molar-refractivity contribution < 1.29 is 9.84 Å². The number of aryl methyl sites for hydroxylation is 1. The number of hydrogen-bond donors (Lipinski definition) is 2. The third-order valence-electron chi connectivity index (χ3n) is 2.43. The van der Waals surface area contributed by atoms with Crippen molar-refractivity contribution in [2.24, 2.45) is 5.73 Å². The molecule has 0 aromatic heterocycles. The number of rotatable bonds is 7. The van der Waals surface area contributed by atoms with Gasteiger partial charge in [0, 0.05) is 12.6 Å². The Bertz CT molecular complexity index is 284. The fourth-order valence-corrected chi connectivity index (χ4v) is 1.49. The van der Waals surface area contributed by atoms with Crippen LogP contribution in [0.2, 0.25) is 0 Å². The van der Waals surface area contributed by atoms with Crippen LogP contribution in [-0.2, 0) is 6.42 Å². The summed E-state index contributed by atoms with van der Waals surface area (Å²) in [6.45, 7) is 2.73. The minimum absolute atomic E-state index is 0.0969. The molecule has 0 aliphatic carbocycles. The average molecular weight is 223 g/mol. The number of nitrogens with two attached hydrogens (primary N) is 1. The van der Waals surface area contributed by atoms with Crippen molar-refractivity contribution in [3.05, 3.63) is 29.8 Å². The van der Waals surface area contributed by atoms with E-state index < -0.39 is 0 Å². The first kappa shape index (κ1) is 13.0. The lowest BCUT2D eigenvalue weighted by Gasteiger charge is -2.12. The van der Waals surface area contributed by atoms with Gasteiger partial charge in [0.15, 0.2) is 0 Å². The van der Waals surface area contributed by atoms with E-state index in [4.69, 9.17) is 15.6 Å². The molecule has 1 unspecified atom stereocenters. The third-order valence-corrected chi connectivity index (χ3v) is 2.43. The van der Waals surface area contributed by atoms with Crippen molar-refractivity contribution in [1.29, 1.82) is 0 Å². The predicted octanol–water partition coefficient (Wildman–Crippen LogP) is 1.73. The van der Waals surface area contributed by atoms with Gasteiger partial charge < -0.3 is 15.6 Å². The Morgan fingerprint density at radius 2 is 2.00 bits per heavy atom. The number of benzene rings is 1. The van der Waals surface area contributed by atoms with Crippen LogP contribution in [0, 0.1) is 0 Å². The minimum atomic E-state index is -0.0969. The van der Waals surface area contributed by atoms with E-state index in [0.717, 1.165) is 18.6 Å². The molecular formula is C13H21NO2. The van der Waals surface area contributed by atoms with Gasteiger partial charge in [0.05, 0.1) is 0 Å². The van der Waals surface area contributed by atoms with E-state index in [2.05, 4.69) is 19.1 Å². The Morgan fingerprint density at radius 3 is 2.56 bits per heavy atom. The summed E-state index contributed by atoms with van der Waals surface area (Å²) >= 11 is 0. The van der Waals surface area contributed by atoms with Crippen LogP contribution >= 0.6 is 0 Å². The summed E-state index contributed by atoms with van der Waals surface area (Å²) in [6.07, 6.45) is 2.83. The standard InChI is InChI=1S/C13H21NO2/c1-2-3-11-4-6-13(7-5-11)16-10-12(14)8-9-15/h4-7,12,15H,2-3,8-10,14H2,1H3. The molecule has 0 bridgehead atoms. The smallest absolute Gasteiger partial charge is 0.119 e. The molecule has 1 aromatic rings. The normalized spacial score (nSPS) is 12.4. The van der Waals surface area contributed by atoms with Gasteiger partial charge in [-0.2, -0.15) is 0 Å². The van der Waals surface area contributed by atoms with E-state index in [1.54, 1.807) is 0 Å². The quantitative estimate of drug-likeness (QED) is 0.740. The van der Waals surface area contributed by atoms with Gasteiger partial charge in [-0.1, -0.05) is 25.5 Å². The fraction of sp³-hybridized carbons (Fsp3) is 0.538. The molecule has 3 heteroatoms. The Kier molecular flexibility index (Phi) is 5.90. The highest BCUT2D eigenvalue weighted by molar-refractivity contribution is 5.27. The lowest BCUT2D eigenvalue weighted by Crippen LogP contribution is -2.28. The molecule has 0 radical (unpaired) electrons. The minimum Gasteiger partial charge on any atom is -0.492 e. The fourth-order valence-electron chi connectivity index (χ4n) is 1.49. The van der Waals surface area contributed by atoms with E-state index in [0.29, 0.717) is 13.0 Å². The van der Waals surface area contributed by atoms with E-state index in [1.165, 1.54) is 5.56 Å². The first-order chi connectivity index (χ1) is 7.76. The maximum atomic E-state index is 8.69. The predicted molar refractivity (Wildman–Crippen MR) is 65.6 cm³/mol. The third kappa shape index (κ3) is 4.64. The van der Waals surface area contributed by atoms with Crippen LogP contribution in [0.1, 0.15) is 25.3 Å². The van der Waals surface area contributed by atoms with Gasteiger partial charge in [-0.25, -0.2) is 0 Å². The highest BCUT2D eigenvalue weighted by Gasteiger charge is 2.02. The molecule has 1 rings (SSSR count). The lowest BCUT2D eigenvalue weighted by molar-refractivity contribution is 0.233. The maximum absolute atomic E-state index is 8.69. The summed E-state index contributed by atoms with van der Waals surface area (Å²) in [7, 11) is 0. The van der Waals surface area contributed by atoms with Gasteiger partial charge in [-0.3, -0.25) is 0 Å². The molecule has 1 atom stereocenters. The molecule has 0 fully saturated rings. The Morgan fingerprint density at radius 1 is 1.31 bits per heavy atom. The van der Waals surface area contributed by atoms with E-state index in [-0.39, 0.29) is 12.6 Å². The molecule has 0 saturated carbocycles. The molecule has 0 amide bonds. The zero-order valence-corrected chi connectivity index (χ0v) is 9.86. The zero-order valence-electron chi connectivity index (χ0n) is 9.86. The molecule has 0 heterocycles. The number of hydrogen-bond acceptors (Lipinski definition) is 3. The zero-order chi connectivity index (χ0) is 11.8. The molecular weight excluding hydrogens is 202 g/mol. The van der Waals surface area contributed by atoms with Gasteiger partial charge in [-0.15, -0.1) is 0 Å². The number of ether oxygens (including phenoxy) is 1. The molecule has 3 nitrogen and oxygen atoms in total. The first-order valence-electron chi connectivity index (χ1n) is 5.84. The van der Waals surface area contributed by atoms with E-state index in [9.17, 15) is 0 Å². The van der Waals surface area contributed by atoms with Gasteiger partial charge in [0.25, 0.3) is 0 Å². The molecule has 0 spiro atoms. The van der Waals surface area contributed by atoms with E-state index >= 15 is 0 Å².